The van der Waals surface area contributed by atoms with E-state index in [1.54, 1.807) is 7.05 Å². The van der Waals surface area contributed by atoms with Gasteiger partial charge in [0, 0.05) is 19.5 Å². The molecular formula is C28H37NO8. The number of esters is 1. The lowest BCUT2D eigenvalue weighted by Crippen LogP contribution is -2.32. The molecule has 2 aromatic rings. The van der Waals surface area contributed by atoms with Crippen LogP contribution >= 0.6 is 0 Å². The lowest BCUT2D eigenvalue weighted by Gasteiger charge is -2.19. The molecule has 37 heavy (non-hydrogen) atoms. The van der Waals surface area contributed by atoms with Crippen molar-refractivity contribution in [2.45, 2.75) is 12.3 Å². The van der Waals surface area contributed by atoms with Gasteiger partial charge in [0.2, 0.25) is 0 Å². The summed E-state index contributed by atoms with van der Waals surface area (Å²) in [4.78, 5) is 25.0. The highest BCUT2D eigenvalue weighted by Crippen LogP contribution is 2.44. The lowest BCUT2D eigenvalue weighted by molar-refractivity contribution is -0.141. The van der Waals surface area contributed by atoms with Crippen LogP contribution < -0.4 is 0 Å². The predicted octanol–water partition coefficient (Wildman–Crippen LogP) is 3.50. The van der Waals surface area contributed by atoms with Crippen LogP contribution in [0.15, 0.2) is 48.5 Å². The van der Waals surface area contributed by atoms with Gasteiger partial charge in [-0.2, -0.15) is 0 Å². The molecule has 0 saturated carbocycles. The van der Waals surface area contributed by atoms with Crippen LogP contribution in [0.3, 0.4) is 0 Å². The molecule has 0 aromatic heterocycles. The maximum Gasteiger partial charge on any atom is 0.409 e. The summed E-state index contributed by atoms with van der Waals surface area (Å²) in [7, 11) is 3.05. The zero-order chi connectivity index (χ0) is 26.3. The van der Waals surface area contributed by atoms with Gasteiger partial charge in [0.1, 0.15) is 6.61 Å². The Kier molecular flexibility index (Phi) is 12.4. The first kappa shape index (κ1) is 28.6. The first-order chi connectivity index (χ1) is 18.1. The Morgan fingerprint density at radius 2 is 1.22 bits per heavy atom. The topological polar surface area (TPSA) is 92.8 Å². The number of rotatable bonds is 17. The van der Waals surface area contributed by atoms with Crippen molar-refractivity contribution in [3.8, 4) is 11.1 Å². The van der Waals surface area contributed by atoms with Crippen molar-refractivity contribution in [2.75, 3.05) is 80.2 Å². The summed E-state index contributed by atoms with van der Waals surface area (Å²) in [6.07, 6.45) is -0.130. The van der Waals surface area contributed by atoms with Crippen molar-refractivity contribution in [1.82, 2.24) is 4.90 Å². The fourth-order valence-electron chi connectivity index (χ4n) is 4.02. The summed E-state index contributed by atoms with van der Waals surface area (Å²) in [6, 6.07) is 16.5. The number of ether oxygens (including phenoxy) is 6. The van der Waals surface area contributed by atoms with E-state index in [0.29, 0.717) is 66.0 Å². The van der Waals surface area contributed by atoms with Gasteiger partial charge in [-0.25, -0.2) is 4.79 Å². The molecule has 3 rings (SSSR count). The van der Waals surface area contributed by atoms with Crippen LogP contribution in [0, 0.1) is 0 Å². The zero-order valence-corrected chi connectivity index (χ0v) is 21.7. The maximum absolute atomic E-state index is 12.5. The van der Waals surface area contributed by atoms with Gasteiger partial charge >= 0.3 is 12.1 Å². The van der Waals surface area contributed by atoms with E-state index >= 15 is 0 Å². The maximum atomic E-state index is 12.5. The van der Waals surface area contributed by atoms with Crippen molar-refractivity contribution in [2.24, 2.45) is 0 Å². The Labute approximate surface area is 218 Å². The van der Waals surface area contributed by atoms with Gasteiger partial charge in [-0.1, -0.05) is 48.5 Å². The van der Waals surface area contributed by atoms with E-state index in [0.717, 1.165) is 0 Å². The third-order valence-electron chi connectivity index (χ3n) is 6.01. The first-order valence-electron chi connectivity index (χ1n) is 12.6. The van der Waals surface area contributed by atoms with Crippen LogP contribution in [0.4, 0.5) is 4.79 Å². The van der Waals surface area contributed by atoms with Crippen molar-refractivity contribution in [3.63, 3.8) is 0 Å². The Morgan fingerprint density at radius 1 is 0.730 bits per heavy atom. The van der Waals surface area contributed by atoms with Crippen LogP contribution in [0.5, 0.6) is 0 Å². The van der Waals surface area contributed by atoms with E-state index in [-0.39, 0.29) is 24.4 Å². The number of carbonyl (C=O) groups is 2. The van der Waals surface area contributed by atoms with E-state index in [4.69, 9.17) is 23.7 Å². The van der Waals surface area contributed by atoms with Gasteiger partial charge < -0.3 is 33.3 Å². The number of likely N-dealkylation sites (N-methyl/N-ethyl adjacent to an activating group) is 1. The molecule has 0 atom stereocenters. The molecule has 0 aliphatic heterocycles. The lowest BCUT2D eigenvalue weighted by atomic mass is 9.98. The Bertz CT molecular complexity index is 937. The molecule has 0 spiro atoms. The van der Waals surface area contributed by atoms with Crippen molar-refractivity contribution in [1.29, 1.82) is 0 Å². The smallest absolute Gasteiger partial charge is 0.409 e. The van der Waals surface area contributed by atoms with Gasteiger partial charge in [0.05, 0.1) is 66.4 Å². The van der Waals surface area contributed by atoms with Crippen molar-refractivity contribution in [3.05, 3.63) is 59.7 Å². The fourth-order valence-corrected chi connectivity index (χ4v) is 4.02. The van der Waals surface area contributed by atoms with Crippen molar-refractivity contribution >= 4 is 12.1 Å². The second-order valence-electron chi connectivity index (χ2n) is 8.50. The minimum absolute atomic E-state index is 0.0428. The summed E-state index contributed by atoms with van der Waals surface area (Å²) in [5.74, 6) is -0.248. The Hall–Kier alpha value is -2.98. The minimum Gasteiger partial charge on any atom is -0.469 e. The van der Waals surface area contributed by atoms with Gasteiger partial charge in [0.15, 0.2) is 0 Å². The van der Waals surface area contributed by atoms with Gasteiger partial charge in [-0.15, -0.1) is 0 Å². The normalized spacial score (nSPS) is 12.2. The minimum atomic E-state index is -0.367. The molecule has 0 fully saturated rings. The largest absolute Gasteiger partial charge is 0.469 e. The van der Waals surface area contributed by atoms with Crippen molar-refractivity contribution < 1.29 is 38.0 Å². The molecule has 0 unspecified atom stereocenters. The van der Waals surface area contributed by atoms with Gasteiger partial charge in [-0.05, 0) is 22.3 Å². The molecular weight excluding hydrogens is 478 g/mol. The standard InChI is InChI=1S/C28H37NO8/c1-29(12-14-34-16-18-36-20-19-35-17-15-33-13-11-27(30)32-2)28(31)37-21-26-24-9-5-3-7-22(24)23-8-4-6-10-25(23)26/h3-10,26H,11-21H2,1-2H3. The van der Waals surface area contributed by atoms with Crippen LogP contribution in [0.1, 0.15) is 23.5 Å². The summed E-state index contributed by atoms with van der Waals surface area (Å²) < 4.78 is 31.8. The second kappa shape index (κ2) is 16.0. The highest BCUT2D eigenvalue weighted by molar-refractivity contribution is 5.79. The van der Waals surface area contributed by atoms with Gasteiger partial charge in [0.25, 0.3) is 0 Å². The molecule has 1 aliphatic rings. The summed E-state index contributed by atoms with van der Waals surface area (Å²) in [5, 5.41) is 0. The number of carbonyl (C=O) groups excluding carboxylic acids is 2. The quantitative estimate of drug-likeness (QED) is 0.234. The van der Waals surface area contributed by atoms with Crippen LogP contribution in [-0.4, -0.2) is 97.1 Å². The Morgan fingerprint density at radius 3 is 1.76 bits per heavy atom. The van der Waals surface area contributed by atoms with Crippen LogP contribution in [-0.2, 0) is 33.2 Å². The Balaban J connectivity index is 1.19. The number of benzene rings is 2. The highest BCUT2D eigenvalue weighted by atomic mass is 16.6. The molecule has 0 N–H and O–H groups in total. The van der Waals surface area contributed by atoms with E-state index in [2.05, 4.69) is 29.0 Å². The van der Waals surface area contributed by atoms with E-state index in [9.17, 15) is 9.59 Å². The van der Waals surface area contributed by atoms with E-state index < -0.39 is 0 Å². The average Bonchev–Trinajstić information content (AvgIpc) is 3.25. The number of amides is 1. The fraction of sp³-hybridized carbons (Fsp3) is 0.500. The second-order valence-corrected chi connectivity index (χ2v) is 8.50. The summed E-state index contributed by atoms with van der Waals surface area (Å²) in [5.41, 5.74) is 4.79. The molecule has 1 aliphatic carbocycles. The van der Waals surface area contributed by atoms with E-state index in [1.807, 2.05) is 24.3 Å². The number of methoxy groups -OCH3 is 1. The monoisotopic (exact) mass is 515 g/mol. The summed E-state index contributed by atoms with van der Waals surface area (Å²) in [6.45, 7) is 4.05. The van der Waals surface area contributed by atoms with Crippen LogP contribution in [0.25, 0.3) is 11.1 Å². The summed E-state index contributed by atoms with van der Waals surface area (Å²) >= 11 is 0. The molecule has 0 radical (unpaired) electrons. The number of nitrogens with zero attached hydrogens (tertiary/aromatic N) is 1. The zero-order valence-electron chi connectivity index (χ0n) is 21.7. The molecule has 0 saturated heterocycles. The number of hydrogen-bond donors (Lipinski definition) is 0. The molecule has 0 bridgehead atoms. The molecule has 2 aromatic carbocycles. The van der Waals surface area contributed by atoms with E-state index in [1.165, 1.54) is 34.3 Å². The molecule has 1 amide bonds. The third-order valence-corrected chi connectivity index (χ3v) is 6.01. The van der Waals surface area contributed by atoms with Crippen LogP contribution in [0.2, 0.25) is 0 Å². The molecule has 9 nitrogen and oxygen atoms in total. The molecule has 0 heterocycles. The first-order valence-corrected chi connectivity index (χ1v) is 12.6. The van der Waals surface area contributed by atoms with Gasteiger partial charge in [-0.3, -0.25) is 4.79 Å². The number of hydrogen-bond acceptors (Lipinski definition) is 8. The third kappa shape index (κ3) is 9.12. The SMILES string of the molecule is COC(=O)CCOCCOCCOCCOCCN(C)C(=O)OCC1c2ccccc2-c2ccccc21. The predicted molar refractivity (Wildman–Crippen MR) is 138 cm³/mol. The molecule has 202 valence electrons. The highest BCUT2D eigenvalue weighted by Gasteiger charge is 2.29. The average molecular weight is 516 g/mol. The molecule has 9 heteroatoms. The number of fused-ring (bicyclic) bond motifs is 3.